The monoisotopic (exact) mass is 232 g/mol. The number of hydrogen-bond acceptors (Lipinski definition) is 4. The van der Waals surface area contributed by atoms with Crippen molar-refractivity contribution in [1.29, 1.82) is 0 Å². The molecule has 0 saturated heterocycles. The molecule has 0 spiro atoms. The van der Waals surface area contributed by atoms with E-state index in [2.05, 4.69) is 20.3 Å². The first-order valence-electron chi connectivity index (χ1n) is 5.09. The number of H-pyrrole nitrogens is 1. The number of aromatic nitrogens is 3. The maximum atomic E-state index is 10.5. The molecule has 0 bridgehead atoms. The number of carboxylic acids is 1. The Hall–Kier alpha value is -2.37. The molecule has 0 radical (unpaired) electrons. The van der Waals surface area contributed by atoms with Gasteiger partial charge in [0, 0.05) is 24.0 Å². The molecule has 2 heterocycles. The number of carboxylic acid groups (broad SMARTS) is 1. The lowest BCUT2D eigenvalue weighted by molar-refractivity contribution is -0.134. The molecule has 0 aliphatic heterocycles. The van der Waals surface area contributed by atoms with Crippen LogP contribution in [0, 0.1) is 6.92 Å². The van der Waals surface area contributed by atoms with Gasteiger partial charge < -0.3 is 15.4 Å². The average molecular weight is 232 g/mol. The van der Waals surface area contributed by atoms with Crippen molar-refractivity contribution in [2.24, 2.45) is 0 Å². The number of anilines is 1. The summed E-state index contributed by atoms with van der Waals surface area (Å²) in [5.74, 6) is 0.178. The van der Waals surface area contributed by atoms with Gasteiger partial charge in [-0.3, -0.25) is 4.79 Å². The van der Waals surface area contributed by atoms with Crippen LogP contribution in [0.5, 0.6) is 0 Å². The zero-order valence-corrected chi connectivity index (χ0v) is 9.27. The average Bonchev–Trinajstić information content (AvgIpc) is 2.79. The number of nitrogens with one attached hydrogen (secondary N) is 2. The summed E-state index contributed by atoms with van der Waals surface area (Å²) in [5.41, 5.74) is 1.69. The van der Waals surface area contributed by atoms with Gasteiger partial charge in [-0.25, -0.2) is 9.97 Å². The molecule has 0 amide bonds. The highest BCUT2D eigenvalue weighted by Crippen LogP contribution is 2.18. The van der Waals surface area contributed by atoms with Crippen LogP contribution in [0.2, 0.25) is 0 Å². The molecule has 17 heavy (non-hydrogen) atoms. The van der Waals surface area contributed by atoms with Crippen molar-refractivity contribution in [2.45, 2.75) is 6.92 Å². The Morgan fingerprint density at radius 3 is 3.00 bits per heavy atom. The Labute approximate surface area is 97.7 Å². The van der Waals surface area contributed by atoms with Crippen LogP contribution in [0.1, 0.15) is 5.82 Å². The highest BCUT2D eigenvalue weighted by Gasteiger charge is 2.05. The van der Waals surface area contributed by atoms with Gasteiger partial charge in [0.05, 0.1) is 5.69 Å². The van der Waals surface area contributed by atoms with E-state index < -0.39 is 5.97 Å². The second kappa shape index (κ2) is 4.65. The Balaban J connectivity index is 2.26. The van der Waals surface area contributed by atoms with Gasteiger partial charge >= 0.3 is 5.97 Å². The number of carbonyl (C=O) groups is 1. The van der Waals surface area contributed by atoms with Gasteiger partial charge in [0.2, 0.25) is 0 Å². The standard InChI is InChI=1S/C11H12N4O2/c1-7-14-9(8-2-3-12-5-8)4-10(15-7)13-6-11(16)17/h2-5,12H,6H2,1H3,(H,16,17)(H,13,14,15). The Morgan fingerprint density at radius 2 is 2.35 bits per heavy atom. The molecule has 2 rings (SSSR count). The van der Waals surface area contributed by atoms with E-state index in [9.17, 15) is 4.79 Å². The fourth-order valence-corrected chi connectivity index (χ4v) is 1.46. The maximum absolute atomic E-state index is 10.5. The van der Waals surface area contributed by atoms with Gasteiger partial charge in [-0.2, -0.15) is 0 Å². The smallest absolute Gasteiger partial charge is 0.322 e. The summed E-state index contributed by atoms with van der Waals surface area (Å²) in [7, 11) is 0. The molecule has 0 aliphatic rings. The minimum Gasteiger partial charge on any atom is -0.480 e. The molecule has 0 aliphatic carbocycles. The first kappa shape index (κ1) is 11.1. The van der Waals surface area contributed by atoms with Crippen LogP contribution in [0.25, 0.3) is 11.3 Å². The molecular weight excluding hydrogens is 220 g/mol. The third-order valence-corrected chi connectivity index (χ3v) is 2.15. The molecule has 0 fully saturated rings. The molecule has 6 heteroatoms. The van der Waals surface area contributed by atoms with Gasteiger partial charge in [-0.05, 0) is 13.0 Å². The van der Waals surface area contributed by atoms with Crippen molar-refractivity contribution in [3.8, 4) is 11.3 Å². The topological polar surface area (TPSA) is 90.9 Å². The van der Waals surface area contributed by atoms with Crippen molar-refractivity contribution in [3.63, 3.8) is 0 Å². The summed E-state index contributed by atoms with van der Waals surface area (Å²) >= 11 is 0. The first-order chi connectivity index (χ1) is 8.15. The molecule has 2 aromatic heterocycles. The van der Waals surface area contributed by atoms with E-state index in [0.717, 1.165) is 11.3 Å². The van der Waals surface area contributed by atoms with E-state index in [-0.39, 0.29) is 6.54 Å². The minimum absolute atomic E-state index is 0.164. The normalized spacial score (nSPS) is 10.2. The van der Waals surface area contributed by atoms with E-state index in [1.54, 1.807) is 19.2 Å². The van der Waals surface area contributed by atoms with Crippen LogP contribution in [0.15, 0.2) is 24.5 Å². The molecular formula is C11H12N4O2. The van der Waals surface area contributed by atoms with Crippen LogP contribution >= 0.6 is 0 Å². The van der Waals surface area contributed by atoms with Crippen molar-refractivity contribution in [2.75, 3.05) is 11.9 Å². The van der Waals surface area contributed by atoms with Gasteiger partial charge in [0.1, 0.15) is 18.2 Å². The number of aliphatic carboxylic acids is 1. The zero-order chi connectivity index (χ0) is 12.3. The lowest BCUT2D eigenvalue weighted by Crippen LogP contribution is -2.13. The van der Waals surface area contributed by atoms with Crippen LogP contribution in [0.4, 0.5) is 5.82 Å². The SMILES string of the molecule is Cc1nc(NCC(=O)O)cc(-c2cc[nH]c2)n1. The Bertz CT molecular complexity index is 522. The number of rotatable bonds is 4. The molecule has 6 nitrogen and oxygen atoms in total. The summed E-state index contributed by atoms with van der Waals surface area (Å²) in [6.07, 6.45) is 3.62. The van der Waals surface area contributed by atoms with Gasteiger partial charge in [-0.1, -0.05) is 0 Å². The van der Waals surface area contributed by atoms with E-state index >= 15 is 0 Å². The predicted octanol–water partition coefficient (Wildman–Crippen LogP) is 1.28. The van der Waals surface area contributed by atoms with Crippen LogP contribution in [-0.2, 0) is 4.79 Å². The van der Waals surface area contributed by atoms with E-state index in [1.807, 2.05) is 12.3 Å². The summed E-state index contributed by atoms with van der Waals surface area (Å²) in [5, 5.41) is 11.3. The Kier molecular flexibility index (Phi) is 3.04. The van der Waals surface area contributed by atoms with Crippen molar-refractivity contribution < 1.29 is 9.90 Å². The molecule has 2 aromatic rings. The number of nitrogens with zero attached hydrogens (tertiary/aromatic N) is 2. The van der Waals surface area contributed by atoms with Crippen molar-refractivity contribution in [1.82, 2.24) is 15.0 Å². The second-order valence-electron chi connectivity index (χ2n) is 3.53. The van der Waals surface area contributed by atoms with E-state index in [4.69, 9.17) is 5.11 Å². The maximum Gasteiger partial charge on any atom is 0.322 e. The number of hydrogen-bond donors (Lipinski definition) is 3. The van der Waals surface area contributed by atoms with Crippen LogP contribution in [-0.4, -0.2) is 32.6 Å². The summed E-state index contributed by atoms with van der Waals surface area (Å²) in [6.45, 7) is 1.60. The highest BCUT2D eigenvalue weighted by atomic mass is 16.4. The summed E-state index contributed by atoms with van der Waals surface area (Å²) < 4.78 is 0. The third kappa shape index (κ3) is 2.81. The quantitative estimate of drug-likeness (QED) is 0.738. The van der Waals surface area contributed by atoms with Crippen molar-refractivity contribution >= 4 is 11.8 Å². The lowest BCUT2D eigenvalue weighted by atomic mass is 10.2. The second-order valence-corrected chi connectivity index (χ2v) is 3.53. The van der Waals surface area contributed by atoms with Crippen LogP contribution < -0.4 is 5.32 Å². The highest BCUT2D eigenvalue weighted by molar-refractivity contribution is 5.72. The number of aromatic amines is 1. The summed E-state index contributed by atoms with van der Waals surface area (Å²) in [6, 6.07) is 3.61. The largest absolute Gasteiger partial charge is 0.480 e. The molecule has 0 aromatic carbocycles. The lowest BCUT2D eigenvalue weighted by Gasteiger charge is -2.05. The summed E-state index contributed by atoms with van der Waals surface area (Å²) in [4.78, 5) is 21.8. The Morgan fingerprint density at radius 1 is 1.53 bits per heavy atom. The van der Waals surface area contributed by atoms with Gasteiger partial charge in [0.15, 0.2) is 0 Å². The minimum atomic E-state index is -0.926. The van der Waals surface area contributed by atoms with Gasteiger partial charge in [0.25, 0.3) is 0 Å². The third-order valence-electron chi connectivity index (χ3n) is 2.15. The van der Waals surface area contributed by atoms with E-state index in [1.165, 1.54) is 0 Å². The fourth-order valence-electron chi connectivity index (χ4n) is 1.46. The zero-order valence-electron chi connectivity index (χ0n) is 9.27. The molecule has 0 unspecified atom stereocenters. The molecule has 3 N–H and O–H groups in total. The predicted molar refractivity (Wildman–Crippen MR) is 62.7 cm³/mol. The fraction of sp³-hybridized carbons (Fsp3) is 0.182. The number of aryl methyl sites for hydroxylation is 1. The first-order valence-corrected chi connectivity index (χ1v) is 5.09. The molecule has 0 saturated carbocycles. The van der Waals surface area contributed by atoms with Crippen LogP contribution in [0.3, 0.4) is 0 Å². The van der Waals surface area contributed by atoms with Gasteiger partial charge in [-0.15, -0.1) is 0 Å². The van der Waals surface area contributed by atoms with Crippen molar-refractivity contribution in [3.05, 3.63) is 30.4 Å². The van der Waals surface area contributed by atoms with E-state index in [0.29, 0.717) is 11.6 Å². The molecule has 0 atom stereocenters. The molecule has 88 valence electrons.